The molecule has 0 radical (unpaired) electrons. The maximum Gasteiger partial charge on any atom is 0.324 e. The highest BCUT2D eigenvalue weighted by molar-refractivity contribution is 7.12. The number of hydrogen-bond acceptors (Lipinski definition) is 5. The zero-order chi connectivity index (χ0) is 8.81. The molecule has 2 rings (SSSR count). The van der Waals surface area contributed by atoms with E-state index in [9.17, 15) is 4.79 Å². The van der Waals surface area contributed by atoms with E-state index >= 15 is 0 Å². The smallest absolute Gasteiger partial charge is 0.324 e. The third-order valence-electron chi connectivity index (χ3n) is 1.28. The summed E-state index contributed by atoms with van der Waals surface area (Å²) in [5.74, 6) is 0. The van der Waals surface area contributed by atoms with E-state index in [1.807, 2.05) is 0 Å². The molecule has 0 aromatic carbocycles. The molecule has 0 unspecified atom stereocenters. The van der Waals surface area contributed by atoms with E-state index in [0.29, 0.717) is 0 Å². The summed E-state index contributed by atoms with van der Waals surface area (Å²) in [5, 5.41) is 5.81. The summed E-state index contributed by atoms with van der Waals surface area (Å²) in [7, 11) is 0. The number of nitrogen functional groups attached to an aromatic ring is 1. The lowest BCUT2D eigenvalue weighted by Gasteiger charge is -1.76. The summed E-state index contributed by atoms with van der Waals surface area (Å²) in [6, 6.07) is 0. The van der Waals surface area contributed by atoms with Crippen molar-refractivity contribution in [2.24, 2.45) is 0 Å². The van der Waals surface area contributed by atoms with Gasteiger partial charge in [-0.2, -0.15) is 0 Å². The van der Waals surface area contributed by atoms with Crippen LogP contribution in [0.25, 0.3) is 0 Å². The molecule has 6 heteroatoms. The van der Waals surface area contributed by atoms with Gasteiger partial charge in [0.1, 0.15) is 0 Å². The highest BCUT2D eigenvalue weighted by Gasteiger charge is 1.94. The normalized spacial score (nSPS) is 15.3. The van der Waals surface area contributed by atoms with Gasteiger partial charge < -0.3 is 10.5 Å². The van der Waals surface area contributed by atoms with Gasteiger partial charge in [-0.05, 0) is 24.2 Å². The summed E-state index contributed by atoms with van der Waals surface area (Å²) >= 11 is 0.898. The molecule has 3 N–H and O–H groups in total. The topological polar surface area (TPSA) is 81.0 Å². The Morgan fingerprint density at radius 2 is 2.17 bits per heavy atom. The SMILES string of the molecule is C1CCOC1.Nc1n[nH]c(=O)s1. The maximum atomic E-state index is 10.1. The lowest BCUT2D eigenvalue weighted by atomic mass is 10.4. The Labute approximate surface area is 73.6 Å². The quantitative estimate of drug-likeness (QED) is 0.611. The van der Waals surface area contributed by atoms with E-state index in [0.717, 1.165) is 24.6 Å². The minimum absolute atomic E-state index is 0.211. The van der Waals surface area contributed by atoms with Crippen LogP contribution in [-0.2, 0) is 4.74 Å². The summed E-state index contributed by atoms with van der Waals surface area (Å²) in [6.45, 7) is 2.00. The van der Waals surface area contributed by atoms with Crippen molar-refractivity contribution >= 4 is 16.5 Å². The minimum atomic E-state index is -0.211. The zero-order valence-corrected chi connectivity index (χ0v) is 7.39. The van der Waals surface area contributed by atoms with Crippen LogP contribution in [-0.4, -0.2) is 23.4 Å². The first-order valence-electron chi connectivity index (χ1n) is 3.68. The van der Waals surface area contributed by atoms with Crippen molar-refractivity contribution in [3.63, 3.8) is 0 Å². The number of anilines is 1. The number of hydrogen-bond donors (Lipinski definition) is 2. The van der Waals surface area contributed by atoms with Gasteiger partial charge in [0.2, 0.25) is 5.13 Å². The first kappa shape index (κ1) is 9.21. The van der Waals surface area contributed by atoms with Crippen molar-refractivity contribution in [2.75, 3.05) is 18.9 Å². The monoisotopic (exact) mass is 189 g/mol. The number of rotatable bonds is 0. The number of ether oxygens (including phenoxy) is 1. The second-order valence-corrected chi connectivity index (χ2v) is 3.26. The molecule has 68 valence electrons. The fraction of sp³-hybridized carbons (Fsp3) is 0.667. The summed E-state index contributed by atoms with van der Waals surface area (Å²) < 4.78 is 4.94. The van der Waals surface area contributed by atoms with Gasteiger partial charge >= 0.3 is 4.87 Å². The van der Waals surface area contributed by atoms with Gasteiger partial charge in [-0.15, -0.1) is 5.10 Å². The standard InChI is InChI=1S/C4H8O.C2H3N3OS/c1-2-4-5-3-1;3-1-4-5-2(6)7-1/h1-4H2;(H2,3,4)(H,5,6). The number of nitrogens with zero attached hydrogens (tertiary/aromatic N) is 1. The van der Waals surface area contributed by atoms with Crippen molar-refractivity contribution in [1.29, 1.82) is 0 Å². The van der Waals surface area contributed by atoms with Crippen LogP contribution in [0.3, 0.4) is 0 Å². The molecule has 0 aliphatic carbocycles. The largest absolute Gasteiger partial charge is 0.381 e. The summed E-state index contributed by atoms with van der Waals surface area (Å²) in [4.78, 5) is 9.90. The number of H-pyrrole nitrogens is 1. The van der Waals surface area contributed by atoms with Gasteiger partial charge in [0.05, 0.1) is 0 Å². The fourth-order valence-corrected chi connectivity index (χ4v) is 1.12. The van der Waals surface area contributed by atoms with Gasteiger partial charge in [-0.1, -0.05) is 0 Å². The molecule has 0 bridgehead atoms. The lowest BCUT2D eigenvalue weighted by molar-refractivity contribution is 0.198. The second-order valence-electron chi connectivity index (χ2n) is 2.27. The molecule has 1 fully saturated rings. The second kappa shape index (κ2) is 4.89. The van der Waals surface area contributed by atoms with Gasteiger partial charge in [-0.25, -0.2) is 5.10 Å². The Kier molecular flexibility index (Phi) is 3.75. The first-order chi connectivity index (χ1) is 5.79. The molecular formula is C6H11N3O2S. The Morgan fingerprint density at radius 1 is 1.50 bits per heavy atom. The summed E-state index contributed by atoms with van der Waals surface area (Å²) in [5.41, 5.74) is 5.05. The van der Waals surface area contributed by atoms with E-state index in [1.54, 1.807) is 0 Å². The van der Waals surface area contributed by atoms with Crippen LogP contribution >= 0.6 is 11.3 Å². The van der Waals surface area contributed by atoms with Crippen LogP contribution in [0.15, 0.2) is 4.79 Å². The van der Waals surface area contributed by atoms with E-state index in [2.05, 4.69) is 10.2 Å². The molecule has 0 atom stereocenters. The van der Waals surface area contributed by atoms with E-state index < -0.39 is 0 Å². The van der Waals surface area contributed by atoms with Gasteiger partial charge in [0.25, 0.3) is 0 Å². The van der Waals surface area contributed by atoms with Gasteiger partial charge in [0, 0.05) is 13.2 Å². The van der Waals surface area contributed by atoms with Crippen LogP contribution in [0.5, 0.6) is 0 Å². The van der Waals surface area contributed by atoms with E-state index in [-0.39, 0.29) is 10.0 Å². The molecule has 0 spiro atoms. The molecule has 2 heterocycles. The number of nitrogens with two attached hydrogens (primary N) is 1. The molecule has 0 saturated carbocycles. The van der Waals surface area contributed by atoms with Crippen LogP contribution in [0.1, 0.15) is 12.8 Å². The third-order valence-corrected chi connectivity index (χ3v) is 1.86. The van der Waals surface area contributed by atoms with Crippen LogP contribution < -0.4 is 10.6 Å². The Morgan fingerprint density at radius 3 is 2.33 bits per heavy atom. The number of aromatic nitrogens is 2. The molecule has 1 aliphatic heterocycles. The predicted molar refractivity (Wildman–Crippen MR) is 47.2 cm³/mol. The van der Waals surface area contributed by atoms with Gasteiger partial charge in [0.15, 0.2) is 0 Å². The van der Waals surface area contributed by atoms with Crippen molar-refractivity contribution in [3.05, 3.63) is 9.67 Å². The molecule has 5 nitrogen and oxygen atoms in total. The molecule has 0 amide bonds. The van der Waals surface area contributed by atoms with Crippen LogP contribution in [0.2, 0.25) is 0 Å². The van der Waals surface area contributed by atoms with Crippen LogP contribution in [0, 0.1) is 0 Å². The molecular weight excluding hydrogens is 178 g/mol. The Balaban J connectivity index is 0.000000127. The molecule has 1 aromatic heterocycles. The highest BCUT2D eigenvalue weighted by Crippen LogP contribution is 1.98. The maximum absolute atomic E-state index is 10.1. The minimum Gasteiger partial charge on any atom is -0.381 e. The van der Waals surface area contributed by atoms with E-state index in [1.165, 1.54) is 12.8 Å². The number of aromatic amines is 1. The molecule has 1 aliphatic rings. The van der Waals surface area contributed by atoms with Crippen molar-refractivity contribution in [1.82, 2.24) is 10.2 Å². The first-order valence-corrected chi connectivity index (χ1v) is 4.49. The Hall–Kier alpha value is -0.880. The molecule has 1 saturated heterocycles. The van der Waals surface area contributed by atoms with E-state index in [4.69, 9.17) is 10.5 Å². The fourth-order valence-electron chi connectivity index (χ4n) is 0.752. The van der Waals surface area contributed by atoms with Crippen molar-refractivity contribution in [2.45, 2.75) is 12.8 Å². The predicted octanol–water partition coefficient (Wildman–Crippen LogP) is 0.210. The Bertz CT molecular complexity index is 258. The molecule has 1 aromatic rings. The average molecular weight is 189 g/mol. The van der Waals surface area contributed by atoms with Crippen molar-refractivity contribution in [3.8, 4) is 0 Å². The zero-order valence-electron chi connectivity index (χ0n) is 6.58. The number of nitrogens with one attached hydrogen (secondary N) is 1. The van der Waals surface area contributed by atoms with Crippen LogP contribution in [0.4, 0.5) is 5.13 Å². The highest BCUT2D eigenvalue weighted by atomic mass is 32.1. The van der Waals surface area contributed by atoms with Crippen molar-refractivity contribution < 1.29 is 4.74 Å². The average Bonchev–Trinajstić information content (AvgIpc) is 2.63. The van der Waals surface area contributed by atoms with Gasteiger partial charge in [-0.3, -0.25) is 4.79 Å². The summed E-state index contributed by atoms with van der Waals surface area (Å²) in [6.07, 6.45) is 2.56. The lowest BCUT2D eigenvalue weighted by Crippen LogP contribution is -1.90. The third kappa shape index (κ3) is 3.49. The molecule has 12 heavy (non-hydrogen) atoms.